The Morgan fingerprint density at radius 1 is 1.79 bits per heavy atom. The maximum absolute atomic E-state index is 11.4. The predicted octanol–water partition coefficient (Wildman–Crippen LogP) is -0.134. The van der Waals surface area contributed by atoms with E-state index in [2.05, 4.69) is 5.09 Å². The molecule has 1 unspecified atom stereocenters. The summed E-state index contributed by atoms with van der Waals surface area (Å²) in [6.07, 6.45) is 0.426. The highest BCUT2D eigenvalue weighted by atomic mass is 31.2. The largest absolute Gasteiger partial charge is 0.501 e. The molecule has 0 saturated carbocycles. The molecule has 0 amide bonds. The zero-order chi connectivity index (χ0) is 10.8. The second kappa shape index (κ2) is 4.84. The van der Waals surface area contributed by atoms with Crippen LogP contribution in [-0.2, 0) is 14.0 Å². The molecule has 1 aliphatic heterocycles. The minimum absolute atomic E-state index is 0.0919. The Balaban J connectivity index is 2.53. The van der Waals surface area contributed by atoms with Gasteiger partial charge in [0.1, 0.15) is 7.85 Å². The lowest BCUT2D eigenvalue weighted by molar-refractivity contribution is 0.0184. The average Bonchev–Trinajstić information content (AvgIpc) is 2.28. The van der Waals surface area contributed by atoms with E-state index in [1.54, 1.807) is 7.11 Å². The Labute approximate surface area is 87.3 Å². The topological polar surface area (TPSA) is 47.6 Å². The molecular weight excluding hydrogens is 199 g/mol. The zero-order valence-corrected chi connectivity index (χ0v) is 9.37. The lowest BCUT2D eigenvalue weighted by Crippen LogP contribution is -2.36. The van der Waals surface area contributed by atoms with Gasteiger partial charge in [-0.3, -0.25) is 5.09 Å². The average molecular weight is 213 g/mol. The number of rotatable bonds is 4. The quantitative estimate of drug-likeness (QED) is 0.521. The van der Waals surface area contributed by atoms with Crippen LogP contribution in [0.2, 0.25) is 0 Å². The molecule has 5 radical (unpaired) electrons. The highest BCUT2D eigenvalue weighted by Gasteiger charge is 2.32. The summed E-state index contributed by atoms with van der Waals surface area (Å²) < 4.78 is 21.7. The van der Waals surface area contributed by atoms with E-state index in [9.17, 15) is 4.57 Å². The summed E-state index contributed by atoms with van der Waals surface area (Å²) in [6.45, 7) is 1.89. The van der Waals surface area contributed by atoms with Gasteiger partial charge < -0.3 is 21.6 Å². The first-order valence-electron chi connectivity index (χ1n) is 4.46. The molecule has 4 nitrogen and oxygen atoms in total. The molecule has 7 heteroatoms. The second-order valence-electron chi connectivity index (χ2n) is 3.63. The first kappa shape index (κ1) is 12.3. The standard InChI is InChI=1S/C7H14B2NO3P/c1-12-4-6-5(3-7(8)13-6)10-14(2,9)11/h5-7H,3-4H2,1-2H3,(H,10,11)/q-1/t5-,6-,7-,14?/m1/s1. The van der Waals surface area contributed by atoms with E-state index in [0.717, 1.165) is 0 Å². The van der Waals surface area contributed by atoms with Crippen LogP contribution in [0.4, 0.5) is 0 Å². The molecule has 1 aliphatic rings. The van der Waals surface area contributed by atoms with Gasteiger partial charge in [-0.15, -0.1) is 7.17 Å². The molecule has 1 saturated heterocycles. The third kappa shape index (κ3) is 3.77. The normalized spacial score (nSPS) is 36.9. The molecule has 0 bridgehead atoms. The fraction of sp³-hybridized carbons (Fsp3) is 1.00. The van der Waals surface area contributed by atoms with Crippen LogP contribution in [0.15, 0.2) is 0 Å². The molecule has 1 N–H and O–H groups in total. The smallest absolute Gasteiger partial charge is 0.109 e. The molecule has 4 atom stereocenters. The molecule has 0 aromatic carbocycles. The molecular formula is C7H14B2NO3P-. The van der Waals surface area contributed by atoms with Crippen LogP contribution in [0.1, 0.15) is 6.42 Å². The highest BCUT2D eigenvalue weighted by Crippen LogP contribution is 2.33. The van der Waals surface area contributed by atoms with Crippen LogP contribution < -0.4 is 5.09 Å². The number of nitrogens with one attached hydrogen (secondary N) is 1. The van der Waals surface area contributed by atoms with Crippen molar-refractivity contribution in [3.8, 4) is 0 Å². The summed E-state index contributed by atoms with van der Waals surface area (Å²) >= 11 is 0. The molecule has 14 heavy (non-hydrogen) atoms. The Hall–Kier alpha value is 0.240. The number of hydrogen-bond acceptors (Lipinski definition) is 3. The van der Waals surface area contributed by atoms with Crippen molar-refractivity contribution < 1.29 is 14.0 Å². The summed E-state index contributed by atoms with van der Waals surface area (Å²) in [6, 6.07) is -0.426. The summed E-state index contributed by atoms with van der Waals surface area (Å²) in [5, 5.41) is 2.83. The Morgan fingerprint density at radius 2 is 2.43 bits per heavy atom. The van der Waals surface area contributed by atoms with Crippen molar-refractivity contribution >= 4 is 22.6 Å². The summed E-state index contributed by atoms with van der Waals surface area (Å²) in [5.74, 6) is 0. The maximum atomic E-state index is 11.4. The van der Waals surface area contributed by atoms with E-state index in [1.165, 1.54) is 6.66 Å². The van der Waals surface area contributed by atoms with Gasteiger partial charge in [0.15, 0.2) is 0 Å². The van der Waals surface area contributed by atoms with Crippen molar-refractivity contribution in [1.29, 1.82) is 0 Å². The van der Waals surface area contributed by atoms with E-state index in [4.69, 9.17) is 24.9 Å². The van der Waals surface area contributed by atoms with Crippen LogP contribution in [-0.4, -0.2) is 53.9 Å². The van der Waals surface area contributed by atoms with E-state index < -0.39 is 7.17 Å². The van der Waals surface area contributed by atoms with E-state index in [-0.39, 0.29) is 18.1 Å². The third-order valence-corrected chi connectivity index (χ3v) is 2.88. The zero-order valence-electron chi connectivity index (χ0n) is 8.47. The van der Waals surface area contributed by atoms with Crippen molar-refractivity contribution in [3.63, 3.8) is 0 Å². The molecule has 0 aromatic rings. The van der Waals surface area contributed by atoms with Gasteiger partial charge in [0.05, 0.1) is 12.7 Å². The van der Waals surface area contributed by atoms with Crippen LogP contribution >= 0.6 is 7.17 Å². The molecule has 1 heterocycles. The number of hydrogen-bond donors (Lipinski definition) is 1. The van der Waals surface area contributed by atoms with Gasteiger partial charge in [-0.1, -0.05) is 0 Å². The van der Waals surface area contributed by atoms with Crippen molar-refractivity contribution in [2.45, 2.75) is 24.6 Å². The van der Waals surface area contributed by atoms with Crippen LogP contribution in [0.3, 0.4) is 0 Å². The molecule has 0 aliphatic carbocycles. The minimum atomic E-state index is -2.74. The van der Waals surface area contributed by atoms with Gasteiger partial charge >= 0.3 is 0 Å². The van der Waals surface area contributed by atoms with E-state index >= 15 is 0 Å². The Morgan fingerprint density at radius 3 is 2.93 bits per heavy atom. The summed E-state index contributed by atoms with van der Waals surface area (Å²) in [4.78, 5) is 0. The van der Waals surface area contributed by atoms with Gasteiger partial charge in [0.25, 0.3) is 0 Å². The van der Waals surface area contributed by atoms with E-state index in [0.29, 0.717) is 13.0 Å². The Bertz CT molecular complexity index is 235. The number of ether oxygens (including phenoxy) is 2. The lowest BCUT2D eigenvalue weighted by Gasteiger charge is -2.29. The third-order valence-electron chi connectivity index (χ3n) is 2.04. The summed E-state index contributed by atoms with van der Waals surface area (Å²) in [7, 11) is 9.88. The predicted molar refractivity (Wildman–Crippen MR) is 57.1 cm³/mol. The molecule has 77 valence electrons. The van der Waals surface area contributed by atoms with Crippen molar-refractivity contribution in [1.82, 2.24) is 5.09 Å². The Kier molecular flexibility index (Phi) is 4.26. The van der Waals surface area contributed by atoms with Gasteiger partial charge in [0.2, 0.25) is 0 Å². The fourth-order valence-corrected chi connectivity index (χ4v) is 2.49. The maximum Gasteiger partial charge on any atom is 0.109 e. The SMILES string of the molecule is [B][C@H]1C[C@@H](NP([B-])(C)=O)[C@@H](COC)O1. The molecule has 1 fully saturated rings. The van der Waals surface area contributed by atoms with Crippen LogP contribution in [0.5, 0.6) is 0 Å². The second-order valence-corrected chi connectivity index (χ2v) is 5.87. The summed E-state index contributed by atoms with van der Waals surface area (Å²) in [5.41, 5.74) is 0. The molecule has 1 rings (SSSR count). The van der Waals surface area contributed by atoms with Gasteiger partial charge in [0, 0.05) is 19.2 Å². The molecule has 0 aromatic heterocycles. The minimum Gasteiger partial charge on any atom is -0.501 e. The van der Waals surface area contributed by atoms with Crippen molar-refractivity contribution in [2.24, 2.45) is 0 Å². The van der Waals surface area contributed by atoms with Gasteiger partial charge in [-0.05, 0) is 13.1 Å². The fourth-order valence-electron chi connectivity index (χ4n) is 1.56. The van der Waals surface area contributed by atoms with Crippen LogP contribution in [0.25, 0.3) is 0 Å². The van der Waals surface area contributed by atoms with Crippen molar-refractivity contribution in [3.05, 3.63) is 0 Å². The monoisotopic (exact) mass is 213 g/mol. The first-order chi connectivity index (χ1) is 6.42. The highest BCUT2D eigenvalue weighted by molar-refractivity contribution is 7.85. The lowest BCUT2D eigenvalue weighted by atomic mass is 9.95. The van der Waals surface area contributed by atoms with Crippen LogP contribution in [0, 0.1) is 0 Å². The van der Waals surface area contributed by atoms with E-state index in [1.807, 2.05) is 0 Å². The van der Waals surface area contributed by atoms with Gasteiger partial charge in [-0.2, -0.15) is 0 Å². The van der Waals surface area contributed by atoms with Gasteiger partial charge in [-0.25, -0.2) is 0 Å². The number of methoxy groups -OCH3 is 1. The van der Waals surface area contributed by atoms with Crippen molar-refractivity contribution in [2.75, 3.05) is 20.4 Å². The molecule has 0 spiro atoms. The first-order valence-corrected chi connectivity index (χ1v) is 6.68.